The van der Waals surface area contributed by atoms with Crippen molar-refractivity contribution in [1.29, 1.82) is 0 Å². The van der Waals surface area contributed by atoms with Gasteiger partial charge in [0.2, 0.25) is 0 Å². The van der Waals surface area contributed by atoms with E-state index in [0.29, 0.717) is 10.8 Å². The summed E-state index contributed by atoms with van der Waals surface area (Å²) in [4.78, 5) is 36.5. The molecule has 0 aliphatic carbocycles. The van der Waals surface area contributed by atoms with Crippen molar-refractivity contribution in [3.63, 3.8) is 0 Å². The molecule has 0 saturated heterocycles. The maximum atomic E-state index is 12.3. The quantitative estimate of drug-likeness (QED) is 0.303. The van der Waals surface area contributed by atoms with Crippen LogP contribution in [-0.4, -0.2) is 59.9 Å². The molecule has 0 bridgehead atoms. The first-order valence-corrected chi connectivity index (χ1v) is 9.47. The van der Waals surface area contributed by atoms with Crippen molar-refractivity contribution in [2.75, 3.05) is 0 Å². The van der Waals surface area contributed by atoms with Gasteiger partial charge in [-0.1, -0.05) is 32.4 Å². The van der Waals surface area contributed by atoms with Gasteiger partial charge in [0.15, 0.2) is 0 Å². The molecule has 1 aromatic carbocycles. The first kappa shape index (κ1) is 27.7. The third-order valence-electron chi connectivity index (χ3n) is 3.62. The molecule has 1 amide bonds. The first-order valence-electron chi connectivity index (χ1n) is 9.09. The number of alkyl carbamates (subject to hydrolysis) is 1. The van der Waals surface area contributed by atoms with Crippen molar-refractivity contribution in [3.8, 4) is 5.75 Å². The molecule has 2 atom stereocenters. The summed E-state index contributed by atoms with van der Waals surface area (Å²) in [6.07, 6.45) is -1.66. The molecule has 0 spiro atoms. The molecule has 0 saturated carbocycles. The average Bonchev–Trinajstić information content (AvgIpc) is 2.59. The van der Waals surface area contributed by atoms with Crippen LogP contribution in [0.5, 0.6) is 5.75 Å². The van der Waals surface area contributed by atoms with Crippen molar-refractivity contribution < 1.29 is 28.6 Å². The van der Waals surface area contributed by atoms with Gasteiger partial charge in [-0.25, -0.2) is 9.59 Å². The van der Waals surface area contributed by atoms with Gasteiger partial charge >= 0.3 is 47.6 Å². The van der Waals surface area contributed by atoms with E-state index in [4.69, 9.17) is 25.8 Å². The van der Waals surface area contributed by atoms with E-state index in [1.165, 1.54) is 0 Å². The normalized spacial score (nSPS) is 13.0. The second-order valence-electron chi connectivity index (χ2n) is 7.65. The van der Waals surface area contributed by atoms with Gasteiger partial charge in [0, 0.05) is 10.9 Å². The van der Waals surface area contributed by atoms with E-state index >= 15 is 0 Å². The second kappa shape index (κ2) is 12.4. The molecule has 0 aliphatic heterocycles. The summed E-state index contributed by atoms with van der Waals surface area (Å²) in [5.74, 6) is -1.09. The van der Waals surface area contributed by atoms with Gasteiger partial charge in [-0.15, -0.1) is 0 Å². The van der Waals surface area contributed by atoms with Crippen LogP contribution in [0.25, 0.3) is 0 Å². The molecule has 9 heteroatoms. The Balaban J connectivity index is 0.00000784. The van der Waals surface area contributed by atoms with Crippen LogP contribution in [0, 0.1) is 11.3 Å². The van der Waals surface area contributed by atoms with Crippen molar-refractivity contribution in [1.82, 2.24) is 5.32 Å². The fourth-order valence-corrected chi connectivity index (χ4v) is 2.00. The summed E-state index contributed by atoms with van der Waals surface area (Å²) < 4.78 is 15.7. The van der Waals surface area contributed by atoms with Gasteiger partial charge in [-0.3, -0.25) is 4.79 Å². The molecule has 7 nitrogen and oxygen atoms in total. The molecule has 29 heavy (non-hydrogen) atoms. The Morgan fingerprint density at radius 2 is 1.62 bits per heavy atom. The van der Waals surface area contributed by atoms with Gasteiger partial charge in [0.25, 0.3) is 6.29 Å². The van der Waals surface area contributed by atoms with Gasteiger partial charge in [0.05, 0.1) is 5.41 Å². The van der Waals surface area contributed by atoms with E-state index in [1.807, 2.05) is 0 Å². The number of halogens is 1. The minimum absolute atomic E-state index is 0. The number of hydrogen-bond donors (Lipinski definition) is 1. The van der Waals surface area contributed by atoms with Crippen LogP contribution in [0.3, 0.4) is 0 Å². The van der Waals surface area contributed by atoms with E-state index in [-0.39, 0.29) is 41.9 Å². The fraction of sp³-hybridized carbons (Fsp3) is 0.550. The topological polar surface area (TPSA) is 90.9 Å². The predicted molar refractivity (Wildman–Crippen MR) is 112 cm³/mol. The third-order valence-corrected chi connectivity index (χ3v) is 3.87. The Morgan fingerprint density at radius 3 is 2.07 bits per heavy atom. The van der Waals surface area contributed by atoms with E-state index in [2.05, 4.69) is 5.32 Å². The van der Waals surface area contributed by atoms with Crippen molar-refractivity contribution in [2.24, 2.45) is 11.3 Å². The number of carbonyl (C=O) groups excluding carboxylic acids is 3. The predicted octanol–water partition coefficient (Wildman–Crippen LogP) is 3.67. The number of amides is 1. The number of carbonyl (C=O) groups is 3. The molecule has 0 heterocycles. The average molecular weight is 438 g/mol. The van der Waals surface area contributed by atoms with Crippen molar-refractivity contribution >= 4 is 59.2 Å². The SMILES string of the molecule is CCC(NC(=O)OC(OC(=O)C(C)(C)C)C(C)C)C(=O)Oc1ccc(Cl)cc1.[NaH]. The summed E-state index contributed by atoms with van der Waals surface area (Å²) >= 11 is 5.79. The minimum atomic E-state index is -1.07. The molecule has 1 N–H and O–H groups in total. The summed E-state index contributed by atoms with van der Waals surface area (Å²) in [5, 5.41) is 2.95. The summed E-state index contributed by atoms with van der Waals surface area (Å²) in [6, 6.07) is 5.35. The Bertz CT molecular complexity index is 687. The molecule has 0 fully saturated rings. The number of rotatable bonds is 7. The summed E-state index contributed by atoms with van der Waals surface area (Å²) in [7, 11) is 0. The molecule has 0 aromatic heterocycles. The van der Waals surface area contributed by atoms with Gasteiger partial charge in [0.1, 0.15) is 11.8 Å². The number of benzene rings is 1. The number of hydrogen-bond acceptors (Lipinski definition) is 6. The monoisotopic (exact) mass is 437 g/mol. The Labute approximate surface area is 199 Å². The molecule has 1 aromatic rings. The van der Waals surface area contributed by atoms with Crippen LogP contribution < -0.4 is 10.1 Å². The zero-order chi connectivity index (χ0) is 21.5. The summed E-state index contributed by atoms with van der Waals surface area (Å²) in [6.45, 7) is 10.3. The van der Waals surface area contributed by atoms with E-state index in [9.17, 15) is 14.4 Å². The van der Waals surface area contributed by atoms with E-state index < -0.39 is 35.8 Å². The molecule has 1 rings (SSSR count). The fourth-order valence-electron chi connectivity index (χ4n) is 1.88. The number of esters is 2. The molecular weight excluding hydrogens is 409 g/mol. The molecule has 2 unspecified atom stereocenters. The molecular formula is C20H29ClNNaO6. The maximum absolute atomic E-state index is 12.3. The van der Waals surface area contributed by atoms with Crippen LogP contribution in [-0.2, 0) is 19.1 Å². The molecule has 158 valence electrons. The standard InChI is InChI=1S/C20H28ClNO6.Na.H/c1-7-15(16(23)26-14-10-8-13(21)9-11-14)22-19(25)28-17(12(2)3)27-18(24)20(4,5)6;;/h8-12,15,17H,7H2,1-6H3,(H,22,25);;. The van der Waals surface area contributed by atoms with Crippen LogP contribution in [0.4, 0.5) is 4.79 Å². The van der Waals surface area contributed by atoms with Crippen LogP contribution in [0.1, 0.15) is 48.0 Å². The Morgan fingerprint density at radius 1 is 1.07 bits per heavy atom. The van der Waals surface area contributed by atoms with Gasteiger partial charge < -0.3 is 19.5 Å². The summed E-state index contributed by atoms with van der Waals surface area (Å²) in [5.41, 5.74) is -0.735. The molecule has 0 aliphatic rings. The van der Waals surface area contributed by atoms with E-state index in [1.54, 1.807) is 65.8 Å². The third kappa shape index (κ3) is 9.85. The molecule has 0 radical (unpaired) electrons. The van der Waals surface area contributed by atoms with E-state index in [0.717, 1.165) is 0 Å². The van der Waals surface area contributed by atoms with Gasteiger partial charge in [-0.05, 0) is 51.5 Å². The van der Waals surface area contributed by atoms with Crippen LogP contribution in [0.15, 0.2) is 24.3 Å². The van der Waals surface area contributed by atoms with Crippen LogP contribution in [0.2, 0.25) is 5.02 Å². The number of nitrogens with one attached hydrogen (secondary N) is 1. The Kier molecular flexibility index (Phi) is 11.9. The first-order chi connectivity index (χ1) is 12.9. The number of ether oxygens (including phenoxy) is 3. The zero-order valence-corrected chi connectivity index (χ0v) is 17.8. The van der Waals surface area contributed by atoms with Gasteiger partial charge in [-0.2, -0.15) is 0 Å². The zero-order valence-electron chi connectivity index (χ0n) is 17.1. The second-order valence-corrected chi connectivity index (χ2v) is 8.09. The Hall–Kier alpha value is -1.28. The van der Waals surface area contributed by atoms with Crippen molar-refractivity contribution in [2.45, 2.75) is 60.3 Å². The van der Waals surface area contributed by atoms with Crippen LogP contribution >= 0.6 is 11.6 Å². The van der Waals surface area contributed by atoms with Crippen molar-refractivity contribution in [3.05, 3.63) is 29.3 Å².